The molecule has 2 aliphatic rings. The highest BCUT2D eigenvalue weighted by Gasteiger charge is 2.42. The number of benzene rings is 3. The van der Waals surface area contributed by atoms with Crippen LogP contribution in [0.1, 0.15) is 58.9 Å². The van der Waals surface area contributed by atoms with Gasteiger partial charge in [0.2, 0.25) is 0 Å². The second-order valence-electron chi connectivity index (χ2n) is 10.5. The quantitative estimate of drug-likeness (QED) is 0.306. The van der Waals surface area contributed by atoms with Crippen molar-refractivity contribution in [1.82, 2.24) is 15.3 Å². The Morgan fingerprint density at radius 2 is 1.74 bits per heavy atom. The lowest BCUT2D eigenvalue weighted by Gasteiger charge is -2.26. The predicted molar refractivity (Wildman–Crippen MR) is 142 cm³/mol. The average molecular weight is 528 g/mol. The van der Waals surface area contributed by atoms with Crippen molar-refractivity contribution in [2.75, 3.05) is 0 Å². The Labute approximate surface area is 224 Å². The number of hydrogen-bond donors (Lipinski definition) is 2. The zero-order chi connectivity index (χ0) is 27.1. The van der Waals surface area contributed by atoms with Crippen molar-refractivity contribution < 1.29 is 23.5 Å². The van der Waals surface area contributed by atoms with E-state index in [1.165, 1.54) is 18.2 Å². The van der Waals surface area contributed by atoms with Crippen LogP contribution in [0.5, 0.6) is 0 Å². The van der Waals surface area contributed by atoms with Crippen molar-refractivity contribution >= 4 is 22.9 Å². The topological polar surface area (TPSA) is 92.2 Å². The van der Waals surface area contributed by atoms with Crippen molar-refractivity contribution in [2.45, 2.75) is 44.6 Å². The third-order valence-corrected chi connectivity index (χ3v) is 7.83. The van der Waals surface area contributed by atoms with Gasteiger partial charge in [-0.3, -0.25) is 9.59 Å². The normalized spacial score (nSPS) is 19.9. The van der Waals surface area contributed by atoms with Crippen LogP contribution in [0.15, 0.2) is 60.7 Å². The van der Waals surface area contributed by atoms with E-state index in [1.54, 1.807) is 42.5 Å². The maximum atomic E-state index is 13.7. The molecule has 2 N–H and O–H groups in total. The first-order valence-corrected chi connectivity index (χ1v) is 13.2. The Balaban J connectivity index is 1.29. The van der Waals surface area contributed by atoms with Gasteiger partial charge in [0.05, 0.1) is 34.4 Å². The number of rotatable bonds is 7. The lowest BCUT2D eigenvalue weighted by atomic mass is 9.87. The number of carbonyl (C=O) groups excluding carboxylic acids is 1. The summed E-state index contributed by atoms with van der Waals surface area (Å²) in [5.74, 6) is -1.85. The largest absolute Gasteiger partial charge is 0.481 e. The summed E-state index contributed by atoms with van der Waals surface area (Å²) < 4.78 is 27.3. The van der Waals surface area contributed by atoms with Crippen molar-refractivity contribution in [2.24, 2.45) is 11.8 Å². The zero-order valence-electron chi connectivity index (χ0n) is 21.2. The van der Waals surface area contributed by atoms with Crippen molar-refractivity contribution in [1.29, 1.82) is 0 Å². The van der Waals surface area contributed by atoms with Gasteiger partial charge in [0.25, 0.3) is 5.91 Å². The number of aliphatic carboxylic acids is 1. The van der Waals surface area contributed by atoms with E-state index in [2.05, 4.69) is 5.32 Å². The predicted octanol–water partition coefficient (Wildman–Crippen LogP) is 6.04. The summed E-state index contributed by atoms with van der Waals surface area (Å²) in [6.07, 6.45) is 4.27. The number of aryl methyl sites for hydroxylation is 2. The van der Waals surface area contributed by atoms with Gasteiger partial charge in [-0.25, -0.2) is 18.7 Å². The van der Waals surface area contributed by atoms with Crippen LogP contribution in [-0.2, 0) is 17.6 Å². The van der Waals surface area contributed by atoms with E-state index in [0.29, 0.717) is 47.2 Å². The van der Waals surface area contributed by atoms with Crippen molar-refractivity contribution in [3.8, 4) is 11.3 Å². The molecule has 198 valence electrons. The Hall–Kier alpha value is -4.20. The Kier molecular flexibility index (Phi) is 6.54. The minimum atomic E-state index is -0.773. The van der Waals surface area contributed by atoms with Crippen LogP contribution >= 0.6 is 0 Å². The number of carbonyl (C=O) groups is 2. The molecule has 39 heavy (non-hydrogen) atoms. The number of aromatic nitrogens is 2. The summed E-state index contributed by atoms with van der Waals surface area (Å²) in [4.78, 5) is 34.2. The zero-order valence-corrected chi connectivity index (χ0v) is 21.2. The molecule has 1 amide bonds. The van der Waals surface area contributed by atoms with Crippen LogP contribution in [-0.4, -0.2) is 27.0 Å². The molecule has 8 heteroatoms. The number of fused-ring (bicyclic) bond motifs is 2. The molecular formula is C31H27F2N3O3. The van der Waals surface area contributed by atoms with E-state index in [0.717, 1.165) is 36.0 Å². The SMILES string of the molecule is O=C(N[C@@H]1CCCc2cc(F)ccc21)c1ccc2nc(-c3ccc(F)cc3)c(CC[C@H]3C[C@@H]3C(=O)O)nc2c1. The molecule has 2 aliphatic carbocycles. The summed E-state index contributed by atoms with van der Waals surface area (Å²) in [5, 5.41) is 12.4. The van der Waals surface area contributed by atoms with Gasteiger partial charge in [0, 0.05) is 11.1 Å². The van der Waals surface area contributed by atoms with Gasteiger partial charge in [-0.1, -0.05) is 6.07 Å². The first kappa shape index (κ1) is 25.1. The van der Waals surface area contributed by atoms with Crippen molar-refractivity contribution in [3.63, 3.8) is 0 Å². The molecule has 1 aromatic heterocycles. The molecule has 1 saturated carbocycles. The third kappa shape index (κ3) is 5.24. The number of nitrogens with zero attached hydrogens (tertiary/aromatic N) is 2. The highest BCUT2D eigenvalue weighted by atomic mass is 19.1. The standard InChI is InChI=1S/C31H27F2N3O3/c32-21-8-4-17(5-9-21)29-27(13-6-19-15-24(19)31(38)39)34-28-16-20(7-12-26(28)35-29)30(37)36-25-3-1-2-18-14-22(33)10-11-23(18)25/h4-5,7-12,14,16,19,24-25H,1-3,6,13,15H2,(H,36,37)(H,38,39)/t19-,24-,25+/m0/s1. The van der Waals surface area contributed by atoms with Gasteiger partial charge in [0.15, 0.2) is 0 Å². The monoisotopic (exact) mass is 527 g/mol. The molecule has 3 aromatic carbocycles. The maximum absolute atomic E-state index is 13.7. The Morgan fingerprint density at radius 1 is 0.949 bits per heavy atom. The second kappa shape index (κ2) is 10.2. The molecule has 0 unspecified atom stereocenters. The maximum Gasteiger partial charge on any atom is 0.306 e. The van der Waals surface area contributed by atoms with E-state index < -0.39 is 5.97 Å². The van der Waals surface area contributed by atoms with Crippen LogP contribution in [0.2, 0.25) is 0 Å². The average Bonchev–Trinajstić information content (AvgIpc) is 3.72. The van der Waals surface area contributed by atoms with Gasteiger partial charge in [0.1, 0.15) is 11.6 Å². The molecule has 0 aliphatic heterocycles. The highest BCUT2D eigenvalue weighted by molar-refractivity contribution is 5.97. The van der Waals surface area contributed by atoms with Crippen LogP contribution in [0.25, 0.3) is 22.3 Å². The van der Waals surface area contributed by atoms with Crippen LogP contribution in [0, 0.1) is 23.5 Å². The fourth-order valence-corrected chi connectivity index (χ4v) is 5.61. The highest BCUT2D eigenvalue weighted by Crippen LogP contribution is 2.42. The van der Waals surface area contributed by atoms with E-state index in [1.807, 2.05) is 0 Å². The van der Waals surface area contributed by atoms with Gasteiger partial charge >= 0.3 is 5.97 Å². The van der Waals surface area contributed by atoms with Crippen LogP contribution < -0.4 is 5.32 Å². The molecular weight excluding hydrogens is 500 g/mol. The summed E-state index contributed by atoms with van der Waals surface area (Å²) in [7, 11) is 0. The van der Waals surface area contributed by atoms with Gasteiger partial charge in [-0.05, 0) is 110 Å². The second-order valence-corrected chi connectivity index (χ2v) is 10.5. The lowest BCUT2D eigenvalue weighted by molar-refractivity contribution is -0.138. The van der Waals surface area contributed by atoms with Crippen LogP contribution in [0.4, 0.5) is 8.78 Å². The molecule has 0 bridgehead atoms. The minimum absolute atomic E-state index is 0.102. The first-order chi connectivity index (χ1) is 18.9. The molecule has 3 atom stereocenters. The van der Waals surface area contributed by atoms with Crippen LogP contribution in [0.3, 0.4) is 0 Å². The number of halogens is 2. The third-order valence-electron chi connectivity index (χ3n) is 7.83. The van der Waals surface area contributed by atoms with E-state index in [-0.39, 0.29) is 35.4 Å². The van der Waals surface area contributed by atoms with Gasteiger partial charge in [-0.2, -0.15) is 0 Å². The fourth-order valence-electron chi connectivity index (χ4n) is 5.61. The van der Waals surface area contributed by atoms with E-state index >= 15 is 0 Å². The molecule has 0 spiro atoms. The summed E-state index contributed by atoms with van der Waals surface area (Å²) in [6, 6.07) is 15.7. The minimum Gasteiger partial charge on any atom is -0.481 e. The number of nitrogens with one attached hydrogen (secondary N) is 1. The van der Waals surface area contributed by atoms with E-state index in [9.17, 15) is 23.5 Å². The number of carboxylic acid groups (broad SMARTS) is 1. The molecule has 1 heterocycles. The molecule has 1 fully saturated rings. The number of hydrogen-bond acceptors (Lipinski definition) is 4. The molecule has 4 aromatic rings. The smallest absolute Gasteiger partial charge is 0.306 e. The van der Waals surface area contributed by atoms with Crippen molar-refractivity contribution in [3.05, 3.63) is 94.7 Å². The Bertz CT molecular complexity index is 1590. The summed E-state index contributed by atoms with van der Waals surface area (Å²) in [5.41, 5.74) is 5.50. The number of carboxylic acids is 1. The molecule has 6 nitrogen and oxygen atoms in total. The number of amides is 1. The van der Waals surface area contributed by atoms with Gasteiger partial charge < -0.3 is 10.4 Å². The molecule has 0 saturated heterocycles. The first-order valence-electron chi connectivity index (χ1n) is 13.2. The lowest BCUT2D eigenvalue weighted by Crippen LogP contribution is -2.31. The summed E-state index contributed by atoms with van der Waals surface area (Å²) >= 11 is 0. The fraction of sp³-hybridized carbons (Fsp3) is 0.290. The summed E-state index contributed by atoms with van der Waals surface area (Å²) in [6.45, 7) is 0. The Morgan fingerprint density at radius 3 is 2.51 bits per heavy atom. The molecule has 6 rings (SSSR count). The molecule has 0 radical (unpaired) electrons. The van der Waals surface area contributed by atoms with Gasteiger partial charge in [-0.15, -0.1) is 0 Å². The van der Waals surface area contributed by atoms with E-state index in [4.69, 9.17) is 9.97 Å².